The van der Waals surface area contributed by atoms with E-state index in [1.54, 1.807) is 25.3 Å². The van der Waals surface area contributed by atoms with Gasteiger partial charge in [0.2, 0.25) is 0 Å². The monoisotopic (exact) mass is 318 g/mol. The van der Waals surface area contributed by atoms with Crippen LogP contribution in [0.1, 0.15) is 15.9 Å². The van der Waals surface area contributed by atoms with E-state index in [1.807, 2.05) is 36.4 Å². The van der Waals surface area contributed by atoms with Crippen LogP contribution in [-0.2, 0) is 0 Å². The molecule has 0 radical (unpaired) electrons. The third-order valence-electron chi connectivity index (χ3n) is 3.65. The van der Waals surface area contributed by atoms with Crippen molar-refractivity contribution in [1.82, 2.24) is 9.78 Å². The van der Waals surface area contributed by atoms with Gasteiger partial charge in [-0.25, -0.2) is 0 Å². The van der Waals surface area contributed by atoms with Gasteiger partial charge < -0.3 is 10.5 Å². The predicted octanol–water partition coefficient (Wildman–Crippen LogP) is 2.70. The maximum Gasteiger partial charge on any atom is 0.280 e. The third-order valence-corrected chi connectivity index (χ3v) is 3.65. The smallest absolute Gasteiger partial charge is 0.280 e. The molecule has 6 heteroatoms. The first kappa shape index (κ1) is 15.3. The molecule has 3 rings (SSSR count). The van der Waals surface area contributed by atoms with E-state index < -0.39 is 5.91 Å². The van der Waals surface area contributed by atoms with Gasteiger partial charge in [-0.2, -0.15) is 15.0 Å². The summed E-state index contributed by atoms with van der Waals surface area (Å²) in [5.74, 6) is 0.275. The van der Waals surface area contributed by atoms with Gasteiger partial charge in [0, 0.05) is 11.1 Å². The summed E-state index contributed by atoms with van der Waals surface area (Å²) >= 11 is 0. The highest BCUT2D eigenvalue weighted by molar-refractivity contribution is 5.99. The van der Waals surface area contributed by atoms with E-state index in [-0.39, 0.29) is 11.4 Å². The number of anilines is 1. The van der Waals surface area contributed by atoms with Crippen molar-refractivity contribution in [2.45, 2.75) is 0 Å². The number of nitrogens with two attached hydrogens (primary N) is 1. The fraction of sp³-hybridized carbons (Fsp3) is 0.0556. The Morgan fingerprint density at radius 1 is 1.25 bits per heavy atom. The highest BCUT2D eigenvalue weighted by Gasteiger charge is 2.17. The molecule has 6 nitrogen and oxygen atoms in total. The second-order valence-corrected chi connectivity index (χ2v) is 5.05. The Hall–Kier alpha value is -3.59. The molecule has 0 bridgehead atoms. The second-order valence-electron chi connectivity index (χ2n) is 5.05. The summed E-state index contributed by atoms with van der Waals surface area (Å²) in [6.07, 6.45) is 1.27. The third kappa shape index (κ3) is 2.59. The fourth-order valence-electron chi connectivity index (χ4n) is 2.41. The Labute approximate surface area is 138 Å². The van der Waals surface area contributed by atoms with Crippen molar-refractivity contribution in [3.8, 4) is 22.9 Å². The molecule has 1 aromatic heterocycles. The van der Waals surface area contributed by atoms with Crippen LogP contribution in [0.4, 0.5) is 5.82 Å². The van der Waals surface area contributed by atoms with Crippen LogP contribution in [0.3, 0.4) is 0 Å². The van der Waals surface area contributed by atoms with E-state index >= 15 is 0 Å². The first-order valence-corrected chi connectivity index (χ1v) is 7.17. The molecule has 0 spiro atoms. The number of methoxy groups -OCH3 is 1. The molecule has 0 aliphatic rings. The lowest BCUT2D eigenvalue weighted by atomic mass is 10.0. The Morgan fingerprint density at radius 2 is 2.00 bits per heavy atom. The largest absolute Gasteiger partial charge is 0.496 e. The number of carbonyl (C=O) groups excluding carboxylic acids is 1. The lowest BCUT2D eigenvalue weighted by Gasteiger charge is -2.11. The molecule has 2 N–H and O–H groups in total. The van der Waals surface area contributed by atoms with Gasteiger partial charge >= 0.3 is 0 Å². The number of nitrogens with zero attached hydrogens (tertiary/aromatic N) is 3. The van der Waals surface area contributed by atoms with Crippen molar-refractivity contribution < 1.29 is 9.53 Å². The average molecular weight is 318 g/mol. The minimum Gasteiger partial charge on any atom is -0.496 e. The number of ether oxygens (including phenoxy) is 1. The number of aromatic nitrogens is 2. The summed E-state index contributed by atoms with van der Waals surface area (Å²) in [6.45, 7) is 0. The van der Waals surface area contributed by atoms with E-state index in [1.165, 1.54) is 6.20 Å². The van der Waals surface area contributed by atoms with Gasteiger partial charge in [0.15, 0.2) is 0 Å². The van der Waals surface area contributed by atoms with E-state index in [0.717, 1.165) is 15.8 Å². The zero-order valence-corrected chi connectivity index (χ0v) is 12.9. The van der Waals surface area contributed by atoms with E-state index in [9.17, 15) is 4.79 Å². The van der Waals surface area contributed by atoms with Crippen LogP contribution in [0.15, 0.2) is 54.7 Å². The van der Waals surface area contributed by atoms with Crippen molar-refractivity contribution in [3.63, 3.8) is 0 Å². The topological polar surface area (TPSA) is 93.9 Å². The first-order chi connectivity index (χ1) is 11.7. The molecule has 0 amide bonds. The molecule has 0 unspecified atom stereocenters. The van der Waals surface area contributed by atoms with Gasteiger partial charge in [-0.05, 0) is 23.8 Å². The molecule has 0 aliphatic carbocycles. The SMILES string of the molecule is COc1ccc(C(=O)n2ncc(C#N)c2N)cc1-c1ccccc1. The van der Waals surface area contributed by atoms with Gasteiger partial charge in [0.05, 0.1) is 13.3 Å². The molecule has 118 valence electrons. The molecular formula is C18H14N4O2. The van der Waals surface area contributed by atoms with Crippen molar-refractivity contribution in [2.24, 2.45) is 0 Å². The maximum atomic E-state index is 12.6. The van der Waals surface area contributed by atoms with Gasteiger partial charge in [0.1, 0.15) is 23.2 Å². The summed E-state index contributed by atoms with van der Waals surface area (Å²) in [6, 6.07) is 16.6. The molecule has 0 fully saturated rings. The fourth-order valence-corrected chi connectivity index (χ4v) is 2.41. The number of nitriles is 1. The number of benzene rings is 2. The molecular weight excluding hydrogens is 304 g/mol. The minimum atomic E-state index is -0.408. The highest BCUT2D eigenvalue weighted by atomic mass is 16.5. The van der Waals surface area contributed by atoms with Crippen LogP contribution in [0.25, 0.3) is 11.1 Å². The standard InChI is InChI=1S/C18H14N4O2/c1-24-16-8-7-13(9-15(16)12-5-3-2-4-6-12)18(23)22-17(20)14(10-19)11-21-22/h2-9,11H,20H2,1H3. The minimum absolute atomic E-state index is 0.0274. The van der Waals surface area contributed by atoms with Crippen LogP contribution in [0.5, 0.6) is 5.75 Å². The molecule has 0 saturated carbocycles. The summed E-state index contributed by atoms with van der Waals surface area (Å²) < 4.78 is 6.41. The zero-order valence-electron chi connectivity index (χ0n) is 12.9. The van der Waals surface area contributed by atoms with Crippen molar-refractivity contribution >= 4 is 11.7 Å². The van der Waals surface area contributed by atoms with Crippen LogP contribution < -0.4 is 10.5 Å². The number of rotatable bonds is 3. The molecule has 24 heavy (non-hydrogen) atoms. The van der Waals surface area contributed by atoms with Crippen LogP contribution in [0.2, 0.25) is 0 Å². The Bertz CT molecular complexity index is 939. The normalized spacial score (nSPS) is 10.2. The van der Waals surface area contributed by atoms with Gasteiger partial charge in [-0.3, -0.25) is 4.79 Å². The predicted molar refractivity (Wildman–Crippen MR) is 89.5 cm³/mol. The van der Waals surface area contributed by atoms with Gasteiger partial charge in [-0.1, -0.05) is 30.3 Å². The van der Waals surface area contributed by atoms with E-state index in [0.29, 0.717) is 11.3 Å². The number of hydrogen-bond acceptors (Lipinski definition) is 5. The lowest BCUT2D eigenvalue weighted by Crippen LogP contribution is -2.16. The maximum absolute atomic E-state index is 12.6. The molecule has 2 aromatic carbocycles. The zero-order chi connectivity index (χ0) is 17.1. The van der Waals surface area contributed by atoms with Crippen molar-refractivity contribution in [1.29, 1.82) is 5.26 Å². The van der Waals surface area contributed by atoms with E-state index in [2.05, 4.69) is 5.10 Å². The summed E-state index contributed by atoms with van der Waals surface area (Å²) in [4.78, 5) is 12.6. The summed E-state index contributed by atoms with van der Waals surface area (Å²) in [5, 5.41) is 12.8. The highest BCUT2D eigenvalue weighted by Crippen LogP contribution is 2.31. The average Bonchev–Trinajstić information content (AvgIpc) is 3.01. The quantitative estimate of drug-likeness (QED) is 0.801. The Kier molecular flexibility index (Phi) is 4.00. The number of nitrogen functional groups attached to an aromatic ring is 1. The molecule has 0 aliphatic heterocycles. The van der Waals surface area contributed by atoms with Crippen LogP contribution >= 0.6 is 0 Å². The Morgan fingerprint density at radius 3 is 2.62 bits per heavy atom. The molecule has 0 atom stereocenters. The van der Waals surface area contributed by atoms with Crippen molar-refractivity contribution in [3.05, 3.63) is 65.9 Å². The first-order valence-electron chi connectivity index (χ1n) is 7.17. The Balaban J connectivity index is 2.08. The van der Waals surface area contributed by atoms with Crippen molar-refractivity contribution in [2.75, 3.05) is 12.8 Å². The summed E-state index contributed by atoms with van der Waals surface area (Å²) in [5.41, 5.74) is 8.07. The number of carbonyl (C=O) groups is 1. The summed E-state index contributed by atoms with van der Waals surface area (Å²) in [7, 11) is 1.58. The molecule has 1 heterocycles. The number of hydrogen-bond donors (Lipinski definition) is 1. The van der Waals surface area contributed by atoms with Gasteiger partial charge in [-0.15, -0.1) is 0 Å². The molecule has 0 saturated heterocycles. The van der Waals surface area contributed by atoms with Gasteiger partial charge in [0.25, 0.3) is 5.91 Å². The molecule has 3 aromatic rings. The van der Waals surface area contributed by atoms with Crippen LogP contribution in [-0.4, -0.2) is 22.8 Å². The second kappa shape index (κ2) is 6.26. The lowest BCUT2D eigenvalue weighted by molar-refractivity contribution is 0.0948. The van der Waals surface area contributed by atoms with E-state index in [4.69, 9.17) is 15.7 Å². The van der Waals surface area contributed by atoms with Crippen LogP contribution in [0, 0.1) is 11.3 Å².